The highest BCUT2D eigenvalue weighted by molar-refractivity contribution is 5.82. The summed E-state index contributed by atoms with van der Waals surface area (Å²) in [7, 11) is 0. The van der Waals surface area contributed by atoms with Crippen LogP contribution in [0.15, 0.2) is 24.3 Å². The lowest BCUT2D eigenvalue weighted by molar-refractivity contribution is -0.137. The van der Waals surface area contributed by atoms with Crippen molar-refractivity contribution in [1.29, 1.82) is 0 Å². The molecule has 0 bridgehead atoms. The predicted octanol–water partition coefficient (Wildman–Crippen LogP) is 3.21. The topological polar surface area (TPSA) is 32.8 Å². The minimum absolute atomic E-state index is 0.0158. The fraction of sp³-hybridized carbons (Fsp3) is 0.667. The number of carbonyl (C=O) groups is 1. The summed E-state index contributed by atoms with van der Waals surface area (Å²) in [6, 6.07) is 6.62. The van der Waals surface area contributed by atoms with Crippen LogP contribution in [0.2, 0.25) is 0 Å². The quantitative estimate of drug-likeness (QED) is 0.808. The zero-order chi connectivity index (χ0) is 18.1. The molecule has 1 aliphatic carbocycles. The number of amides is 1. The van der Waals surface area contributed by atoms with Crippen molar-refractivity contribution >= 4 is 5.91 Å². The molecule has 2 saturated heterocycles. The molecule has 1 unspecified atom stereocenters. The average molecular weight is 360 g/mol. The van der Waals surface area contributed by atoms with Crippen molar-refractivity contribution in [3.8, 4) is 0 Å². The van der Waals surface area contributed by atoms with Gasteiger partial charge in [-0.2, -0.15) is 0 Å². The van der Waals surface area contributed by atoms with Crippen molar-refractivity contribution in [3.05, 3.63) is 35.6 Å². The Kier molecular flexibility index (Phi) is 5.02. The van der Waals surface area contributed by atoms with Crippen molar-refractivity contribution in [1.82, 2.24) is 9.80 Å². The molecule has 2 heterocycles. The lowest BCUT2D eigenvalue weighted by Gasteiger charge is -2.44. The third-order valence-corrected chi connectivity index (χ3v) is 6.42. The highest BCUT2D eigenvalue weighted by Gasteiger charge is 2.50. The van der Waals surface area contributed by atoms with Gasteiger partial charge in [-0.1, -0.05) is 12.1 Å². The lowest BCUT2D eigenvalue weighted by Crippen LogP contribution is -2.48. The number of benzene rings is 1. The standard InChI is InChI=1S/C21H29FN2O2/c1-2-26-18-12-21(13-18)9-11-24(15-21)20(25)19-4-3-10-23(19)14-16-5-7-17(22)8-6-16/h5-8,18-19H,2-4,9-15H2,1H3. The van der Waals surface area contributed by atoms with E-state index in [1.54, 1.807) is 0 Å². The van der Waals surface area contributed by atoms with Crippen LogP contribution in [0.5, 0.6) is 0 Å². The van der Waals surface area contributed by atoms with Gasteiger partial charge in [0.05, 0.1) is 12.1 Å². The second-order valence-corrected chi connectivity index (χ2v) is 8.25. The molecule has 4 rings (SSSR count). The summed E-state index contributed by atoms with van der Waals surface area (Å²) in [5.41, 5.74) is 1.39. The van der Waals surface area contributed by atoms with Crippen LogP contribution >= 0.6 is 0 Å². The van der Waals surface area contributed by atoms with Gasteiger partial charge in [0, 0.05) is 26.2 Å². The summed E-state index contributed by atoms with van der Waals surface area (Å²) in [5, 5.41) is 0. The van der Waals surface area contributed by atoms with Crippen LogP contribution in [-0.2, 0) is 16.1 Å². The Hall–Kier alpha value is -1.46. The van der Waals surface area contributed by atoms with Gasteiger partial charge in [0.25, 0.3) is 0 Å². The summed E-state index contributed by atoms with van der Waals surface area (Å²) in [6.07, 6.45) is 5.72. The molecule has 3 aliphatic rings. The van der Waals surface area contributed by atoms with Crippen LogP contribution in [0.4, 0.5) is 4.39 Å². The van der Waals surface area contributed by atoms with Gasteiger partial charge in [0.1, 0.15) is 5.82 Å². The Morgan fingerprint density at radius 2 is 2.04 bits per heavy atom. The van der Waals surface area contributed by atoms with Gasteiger partial charge in [-0.3, -0.25) is 9.69 Å². The van der Waals surface area contributed by atoms with E-state index >= 15 is 0 Å². The summed E-state index contributed by atoms with van der Waals surface area (Å²) in [5.74, 6) is 0.0809. The fourth-order valence-corrected chi connectivity index (χ4v) is 5.05. The first-order valence-corrected chi connectivity index (χ1v) is 9.97. The zero-order valence-corrected chi connectivity index (χ0v) is 15.6. The maximum Gasteiger partial charge on any atom is 0.239 e. The van der Waals surface area contributed by atoms with Gasteiger partial charge in [-0.15, -0.1) is 0 Å². The molecule has 26 heavy (non-hydrogen) atoms. The normalized spacial score (nSPS) is 31.5. The molecule has 4 nitrogen and oxygen atoms in total. The molecular weight excluding hydrogens is 331 g/mol. The molecule has 1 spiro atoms. The maximum absolute atomic E-state index is 13.1. The highest BCUT2D eigenvalue weighted by Crippen LogP contribution is 2.49. The van der Waals surface area contributed by atoms with E-state index in [9.17, 15) is 9.18 Å². The molecule has 0 aromatic heterocycles. The SMILES string of the molecule is CCOC1CC2(CCN(C(=O)C3CCCN3Cc3ccc(F)cc3)C2)C1. The molecular formula is C21H29FN2O2. The van der Waals surface area contributed by atoms with Gasteiger partial charge in [0.15, 0.2) is 0 Å². The summed E-state index contributed by atoms with van der Waals surface area (Å²) >= 11 is 0. The number of hydrogen-bond donors (Lipinski definition) is 0. The Morgan fingerprint density at radius 1 is 1.27 bits per heavy atom. The summed E-state index contributed by atoms with van der Waals surface area (Å²) in [4.78, 5) is 17.5. The van der Waals surface area contributed by atoms with Gasteiger partial charge in [0.2, 0.25) is 5.91 Å². The van der Waals surface area contributed by atoms with E-state index in [2.05, 4.69) is 9.80 Å². The van der Waals surface area contributed by atoms with Crippen molar-refractivity contribution in [2.45, 2.75) is 57.7 Å². The first-order chi connectivity index (χ1) is 12.6. The minimum atomic E-state index is -0.212. The highest BCUT2D eigenvalue weighted by atomic mass is 19.1. The Labute approximate surface area is 155 Å². The molecule has 3 fully saturated rings. The van der Waals surface area contributed by atoms with Crippen molar-refractivity contribution in [2.75, 3.05) is 26.2 Å². The second kappa shape index (κ2) is 7.28. The van der Waals surface area contributed by atoms with E-state index in [0.717, 1.165) is 70.5 Å². The fourth-order valence-electron chi connectivity index (χ4n) is 5.05. The first kappa shape index (κ1) is 17.9. The van der Waals surface area contributed by atoms with Crippen molar-refractivity contribution < 1.29 is 13.9 Å². The largest absolute Gasteiger partial charge is 0.378 e. The van der Waals surface area contributed by atoms with Crippen LogP contribution < -0.4 is 0 Å². The third-order valence-electron chi connectivity index (χ3n) is 6.42. The summed E-state index contributed by atoms with van der Waals surface area (Å²) in [6.45, 7) is 6.28. The van der Waals surface area contributed by atoms with Crippen LogP contribution in [0.1, 0.15) is 44.6 Å². The molecule has 1 aromatic carbocycles. The number of carbonyl (C=O) groups excluding carboxylic acids is 1. The smallest absolute Gasteiger partial charge is 0.239 e. The van der Waals surface area contributed by atoms with Crippen LogP contribution in [-0.4, -0.2) is 54.1 Å². The molecule has 0 N–H and O–H groups in total. The van der Waals surface area contributed by atoms with E-state index in [-0.39, 0.29) is 11.9 Å². The van der Waals surface area contributed by atoms with Gasteiger partial charge in [-0.25, -0.2) is 4.39 Å². The van der Waals surface area contributed by atoms with Crippen LogP contribution in [0, 0.1) is 11.2 Å². The molecule has 1 atom stereocenters. The Balaban J connectivity index is 1.34. The molecule has 1 amide bonds. The lowest BCUT2D eigenvalue weighted by atomic mass is 9.66. The van der Waals surface area contributed by atoms with Crippen LogP contribution in [0.25, 0.3) is 0 Å². The van der Waals surface area contributed by atoms with E-state index in [1.165, 1.54) is 12.1 Å². The number of hydrogen-bond acceptors (Lipinski definition) is 3. The van der Waals surface area contributed by atoms with E-state index in [0.29, 0.717) is 17.4 Å². The van der Waals surface area contributed by atoms with E-state index in [1.807, 2.05) is 19.1 Å². The number of nitrogens with zero attached hydrogens (tertiary/aromatic N) is 2. The average Bonchev–Trinajstić information content (AvgIpc) is 3.24. The molecule has 1 aromatic rings. The Bertz CT molecular complexity index is 642. The molecule has 5 heteroatoms. The van der Waals surface area contributed by atoms with E-state index < -0.39 is 0 Å². The number of likely N-dealkylation sites (tertiary alicyclic amines) is 2. The first-order valence-electron chi connectivity index (χ1n) is 9.97. The van der Waals surface area contributed by atoms with E-state index in [4.69, 9.17) is 4.74 Å². The maximum atomic E-state index is 13.1. The van der Waals surface area contributed by atoms with Gasteiger partial charge in [-0.05, 0) is 68.7 Å². The van der Waals surface area contributed by atoms with Gasteiger partial charge >= 0.3 is 0 Å². The number of rotatable bonds is 5. The van der Waals surface area contributed by atoms with Crippen LogP contribution in [0.3, 0.4) is 0 Å². The predicted molar refractivity (Wildman–Crippen MR) is 98.1 cm³/mol. The monoisotopic (exact) mass is 360 g/mol. The van der Waals surface area contributed by atoms with Crippen molar-refractivity contribution in [3.63, 3.8) is 0 Å². The Morgan fingerprint density at radius 3 is 2.77 bits per heavy atom. The molecule has 2 aliphatic heterocycles. The number of halogens is 1. The minimum Gasteiger partial charge on any atom is -0.378 e. The van der Waals surface area contributed by atoms with Gasteiger partial charge < -0.3 is 9.64 Å². The molecule has 0 radical (unpaired) electrons. The van der Waals surface area contributed by atoms with Crippen molar-refractivity contribution in [2.24, 2.45) is 5.41 Å². The third kappa shape index (κ3) is 3.52. The second-order valence-electron chi connectivity index (χ2n) is 8.25. The number of ether oxygens (including phenoxy) is 1. The summed E-state index contributed by atoms with van der Waals surface area (Å²) < 4.78 is 18.8. The molecule has 142 valence electrons. The zero-order valence-electron chi connectivity index (χ0n) is 15.6. The molecule has 1 saturated carbocycles.